The first-order valence-corrected chi connectivity index (χ1v) is 7.15. The molecule has 19 heavy (non-hydrogen) atoms. The summed E-state index contributed by atoms with van der Waals surface area (Å²) in [6.07, 6.45) is 6.31. The van der Waals surface area contributed by atoms with Crippen LogP contribution in [0.3, 0.4) is 0 Å². The Labute approximate surface area is 117 Å². The molecule has 3 heteroatoms. The summed E-state index contributed by atoms with van der Waals surface area (Å²) in [5.74, 6) is 0.672. The van der Waals surface area contributed by atoms with E-state index in [-0.39, 0.29) is 11.4 Å². The predicted molar refractivity (Wildman–Crippen MR) is 77.9 cm³/mol. The van der Waals surface area contributed by atoms with E-state index in [4.69, 9.17) is 0 Å². The molecule has 0 saturated heterocycles. The second-order valence-corrected chi connectivity index (χ2v) is 6.12. The first kappa shape index (κ1) is 15.7. The molecular weight excluding hydrogens is 236 g/mol. The molecule has 1 rings (SSSR count). The molecule has 0 aliphatic rings. The maximum absolute atomic E-state index is 11.8. The number of hydrogen-bond donors (Lipinski definition) is 1. The second kappa shape index (κ2) is 6.69. The summed E-state index contributed by atoms with van der Waals surface area (Å²) < 4.78 is 1.92. The van der Waals surface area contributed by atoms with Crippen molar-refractivity contribution in [1.82, 2.24) is 5.32 Å². The van der Waals surface area contributed by atoms with E-state index in [0.29, 0.717) is 12.5 Å². The highest BCUT2D eigenvalue weighted by Gasteiger charge is 2.17. The number of carbonyl (C=O) groups is 1. The van der Waals surface area contributed by atoms with Crippen LogP contribution >= 0.6 is 0 Å². The van der Waals surface area contributed by atoms with Crippen LogP contribution in [0.1, 0.15) is 58.9 Å². The highest BCUT2D eigenvalue weighted by molar-refractivity contribution is 5.75. The van der Waals surface area contributed by atoms with Gasteiger partial charge in [0.25, 0.3) is 5.91 Å². The van der Waals surface area contributed by atoms with Gasteiger partial charge in [0.05, 0.1) is 0 Å². The molecule has 1 amide bonds. The summed E-state index contributed by atoms with van der Waals surface area (Å²) in [4.78, 5) is 11.8. The molecule has 0 saturated carbocycles. The molecule has 0 aliphatic carbocycles. The van der Waals surface area contributed by atoms with E-state index in [1.807, 2.05) is 37.7 Å². The van der Waals surface area contributed by atoms with Crippen molar-refractivity contribution < 1.29 is 9.36 Å². The minimum Gasteiger partial charge on any atom is -0.346 e. The Morgan fingerprint density at radius 1 is 1.21 bits per heavy atom. The average Bonchev–Trinajstić information content (AvgIpc) is 2.30. The molecule has 1 aromatic heterocycles. The van der Waals surface area contributed by atoms with E-state index in [0.717, 1.165) is 12.8 Å². The number of amides is 1. The molecular formula is C16H27N2O+. The van der Waals surface area contributed by atoms with E-state index in [1.54, 1.807) is 0 Å². The first-order valence-electron chi connectivity index (χ1n) is 7.15. The zero-order valence-electron chi connectivity index (χ0n) is 12.9. The van der Waals surface area contributed by atoms with Gasteiger partial charge in [-0.1, -0.05) is 13.8 Å². The van der Waals surface area contributed by atoms with Crippen molar-refractivity contribution in [1.29, 1.82) is 0 Å². The minimum atomic E-state index is -0.174. The number of nitrogens with zero attached hydrogens (tertiary/aromatic N) is 1. The van der Waals surface area contributed by atoms with Gasteiger partial charge in [-0.15, -0.1) is 0 Å². The highest BCUT2D eigenvalue weighted by atomic mass is 16.2. The van der Waals surface area contributed by atoms with Crippen molar-refractivity contribution in [2.75, 3.05) is 0 Å². The molecule has 0 radical (unpaired) electrons. The van der Waals surface area contributed by atoms with Crippen molar-refractivity contribution >= 4 is 5.91 Å². The van der Waals surface area contributed by atoms with Crippen LogP contribution in [0, 0.1) is 0 Å². The fourth-order valence-electron chi connectivity index (χ4n) is 2.23. The van der Waals surface area contributed by atoms with Gasteiger partial charge in [0.15, 0.2) is 12.4 Å². The van der Waals surface area contributed by atoms with Crippen LogP contribution in [0.25, 0.3) is 0 Å². The van der Waals surface area contributed by atoms with Gasteiger partial charge >= 0.3 is 0 Å². The van der Waals surface area contributed by atoms with Gasteiger partial charge in [0, 0.05) is 17.7 Å². The number of nitrogens with one attached hydrogen (secondary N) is 1. The molecule has 0 bridgehead atoms. The van der Waals surface area contributed by atoms with Crippen LogP contribution in [0.2, 0.25) is 0 Å². The molecule has 1 heterocycles. The second-order valence-electron chi connectivity index (χ2n) is 6.12. The third-order valence-electron chi connectivity index (χ3n) is 3.21. The lowest BCUT2D eigenvalue weighted by molar-refractivity contribution is -0.684. The molecule has 0 fully saturated rings. The number of pyridine rings is 1. The predicted octanol–water partition coefficient (Wildman–Crippen LogP) is 2.79. The quantitative estimate of drug-likeness (QED) is 0.814. The van der Waals surface area contributed by atoms with Crippen molar-refractivity contribution in [3.05, 3.63) is 30.1 Å². The fourth-order valence-corrected chi connectivity index (χ4v) is 2.23. The standard InChI is InChI=1S/C16H26N2O/c1-6-13(7-2)14-8-10-18(11-9-14)12-15(19)17-16(3,4)5/h8-11,13H,6-7,12H2,1-5H3/p+1. The van der Waals surface area contributed by atoms with Crippen LogP contribution < -0.4 is 9.88 Å². The Bertz CT molecular complexity index is 400. The Morgan fingerprint density at radius 3 is 2.16 bits per heavy atom. The maximum atomic E-state index is 11.8. The Hall–Kier alpha value is -1.38. The molecule has 0 spiro atoms. The summed E-state index contributed by atoms with van der Waals surface area (Å²) in [5, 5.41) is 2.97. The van der Waals surface area contributed by atoms with Gasteiger partial charge in [0.2, 0.25) is 6.54 Å². The van der Waals surface area contributed by atoms with Crippen molar-refractivity contribution in [2.24, 2.45) is 0 Å². The van der Waals surface area contributed by atoms with Gasteiger partial charge in [-0.2, -0.15) is 4.57 Å². The maximum Gasteiger partial charge on any atom is 0.286 e. The van der Waals surface area contributed by atoms with Crippen LogP contribution in [0.5, 0.6) is 0 Å². The summed E-state index contributed by atoms with van der Waals surface area (Å²) in [6, 6.07) is 4.25. The molecule has 0 atom stereocenters. The van der Waals surface area contributed by atoms with Gasteiger partial charge < -0.3 is 5.32 Å². The lowest BCUT2D eigenvalue weighted by atomic mass is 9.95. The summed E-state index contributed by atoms with van der Waals surface area (Å²) in [5.41, 5.74) is 1.19. The molecule has 0 unspecified atom stereocenters. The third kappa shape index (κ3) is 5.41. The largest absolute Gasteiger partial charge is 0.346 e. The van der Waals surface area contributed by atoms with E-state index < -0.39 is 0 Å². The van der Waals surface area contributed by atoms with Gasteiger partial charge in [-0.05, 0) is 45.1 Å². The van der Waals surface area contributed by atoms with Crippen LogP contribution in [-0.4, -0.2) is 11.4 Å². The Morgan fingerprint density at radius 2 is 1.74 bits per heavy atom. The fraction of sp³-hybridized carbons (Fsp3) is 0.625. The normalized spacial score (nSPS) is 11.7. The van der Waals surface area contributed by atoms with Crippen molar-refractivity contribution in [2.45, 2.75) is 65.5 Å². The molecule has 1 N–H and O–H groups in total. The van der Waals surface area contributed by atoms with Gasteiger partial charge in [-0.3, -0.25) is 4.79 Å². The van der Waals surface area contributed by atoms with E-state index in [9.17, 15) is 4.79 Å². The molecule has 0 aliphatic heterocycles. The lowest BCUT2D eigenvalue weighted by Gasteiger charge is -2.19. The van der Waals surface area contributed by atoms with Crippen LogP contribution in [0.15, 0.2) is 24.5 Å². The zero-order chi connectivity index (χ0) is 14.5. The third-order valence-corrected chi connectivity index (χ3v) is 3.21. The molecule has 1 aromatic rings. The summed E-state index contributed by atoms with van der Waals surface area (Å²) >= 11 is 0. The minimum absolute atomic E-state index is 0.0489. The van der Waals surface area contributed by atoms with E-state index in [2.05, 4.69) is 31.3 Å². The Kier molecular flexibility index (Phi) is 5.52. The molecule has 106 valence electrons. The first-order chi connectivity index (χ1) is 8.85. The highest BCUT2D eigenvalue weighted by Crippen LogP contribution is 2.21. The zero-order valence-corrected chi connectivity index (χ0v) is 12.9. The summed E-state index contributed by atoms with van der Waals surface area (Å²) in [6.45, 7) is 10.8. The van der Waals surface area contributed by atoms with Crippen LogP contribution in [-0.2, 0) is 11.3 Å². The van der Waals surface area contributed by atoms with Crippen molar-refractivity contribution in [3.8, 4) is 0 Å². The lowest BCUT2D eigenvalue weighted by Crippen LogP contribution is -2.48. The molecule has 3 nitrogen and oxygen atoms in total. The SMILES string of the molecule is CCC(CC)c1cc[n+](CC(=O)NC(C)(C)C)cc1. The van der Waals surface area contributed by atoms with Gasteiger partial charge in [0.1, 0.15) is 0 Å². The topological polar surface area (TPSA) is 33.0 Å². The van der Waals surface area contributed by atoms with E-state index >= 15 is 0 Å². The summed E-state index contributed by atoms with van der Waals surface area (Å²) in [7, 11) is 0. The molecule has 0 aromatic carbocycles. The average molecular weight is 263 g/mol. The monoisotopic (exact) mass is 263 g/mol. The van der Waals surface area contributed by atoms with Gasteiger partial charge in [-0.25, -0.2) is 0 Å². The number of aromatic nitrogens is 1. The van der Waals surface area contributed by atoms with Crippen LogP contribution in [0.4, 0.5) is 0 Å². The number of rotatable bonds is 5. The number of hydrogen-bond acceptors (Lipinski definition) is 1. The number of carbonyl (C=O) groups excluding carboxylic acids is 1. The Balaban J connectivity index is 2.64. The smallest absolute Gasteiger partial charge is 0.286 e. The van der Waals surface area contributed by atoms with E-state index in [1.165, 1.54) is 5.56 Å². The van der Waals surface area contributed by atoms with Crippen molar-refractivity contribution in [3.63, 3.8) is 0 Å².